The second-order valence-corrected chi connectivity index (χ2v) is 11.5. The second-order valence-electron chi connectivity index (χ2n) is 9.54. The Hall–Kier alpha value is -5.03. The molecule has 0 bridgehead atoms. The van der Waals surface area contributed by atoms with Gasteiger partial charge in [0.2, 0.25) is 0 Å². The van der Waals surface area contributed by atoms with Gasteiger partial charge in [-0.1, -0.05) is 5.16 Å². The first-order valence-electron chi connectivity index (χ1n) is 12.8. The van der Waals surface area contributed by atoms with Crippen LogP contribution in [0.4, 0.5) is 5.13 Å². The average molecular weight is 642 g/mol. The highest BCUT2D eigenvalue weighted by Gasteiger charge is 2.54. The molecule has 0 aliphatic carbocycles. The SMILES string of the molecule is CON=C(C(=O)NC1C(=O)N2C(C(=O)O)=C(C[n+]3ccc4cc(OC(C)=O)c(OC(C)=O)cc4c3)CS[C@H]12)c1csc(N)n1. The fraction of sp³-hybridized carbons (Fsp3) is 0.259. The van der Waals surface area contributed by atoms with Gasteiger partial charge < -0.3 is 30.5 Å². The molecule has 228 valence electrons. The molecule has 44 heavy (non-hydrogen) atoms. The summed E-state index contributed by atoms with van der Waals surface area (Å²) in [4.78, 5) is 71.7. The molecule has 2 aliphatic rings. The van der Waals surface area contributed by atoms with Gasteiger partial charge in [-0.3, -0.25) is 24.1 Å². The number of hydrogen-bond donors (Lipinski definition) is 3. The topological polar surface area (TPSA) is 204 Å². The number of β-lactam (4-membered cyclic amide) rings is 1. The van der Waals surface area contributed by atoms with E-state index in [0.29, 0.717) is 16.3 Å². The molecule has 1 aromatic carbocycles. The van der Waals surface area contributed by atoms with Crippen LogP contribution >= 0.6 is 23.1 Å². The predicted molar refractivity (Wildman–Crippen MR) is 157 cm³/mol. The zero-order valence-corrected chi connectivity index (χ0v) is 25.1. The number of amides is 2. The fourth-order valence-electron chi connectivity index (χ4n) is 4.74. The standard InChI is InChI=1S/C27H24N6O9S2/c1-12(34)41-18-6-14-4-5-32(8-15(14)7-19(18)42-13(2)35)9-16-10-43-25-21(24(37)33(25)22(16)26(38)39)30-23(36)20(31-40-3)17-11-44-27(28)29-17/h4-8,11,21,25H,9-10H2,1-3H3,(H3-,28,29,30,36,38,39)/p+1/t21?,25-/m1/s1. The number of pyridine rings is 1. The number of benzene rings is 1. The number of esters is 2. The van der Waals surface area contributed by atoms with Crippen LogP contribution in [0.1, 0.15) is 19.5 Å². The largest absolute Gasteiger partial charge is 0.477 e. The number of aromatic nitrogens is 2. The second kappa shape index (κ2) is 12.3. The normalized spacial score (nSPS) is 17.9. The highest BCUT2D eigenvalue weighted by molar-refractivity contribution is 8.00. The molecule has 2 amide bonds. The van der Waals surface area contributed by atoms with E-state index in [9.17, 15) is 29.1 Å². The Labute approximate surface area is 257 Å². The summed E-state index contributed by atoms with van der Waals surface area (Å²) in [5, 5.41) is 18.8. The molecule has 4 heterocycles. The maximum Gasteiger partial charge on any atom is 0.352 e. The van der Waals surface area contributed by atoms with Crippen molar-refractivity contribution in [3.63, 3.8) is 0 Å². The molecule has 3 aromatic rings. The van der Waals surface area contributed by atoms with Crippen LogP contribution in [-0.2, 0) is 35.4 Å². The van der Waals surface area contributed by atoms with Gasteiger partial charge in [-0.25, -0.2) is 14.3 Å². The number of carbonyl (C=O) groups is 5. The molecule has 2 aliphatic heterocycles. The number of thioether (sulfide) groups is 1. The van der Waals surface area contributed by atoms with Crippen LogP contribution in [0.15, 0.2) is 52.4 Å². The van der Waals surface area contributed by atoms with Crippen molar-refractivity contribution < 1.29 is 48.0 Å². The van der Waals surface area contributed by atoms with Gasteiger partial charge in [0.1, 0.15) is 29.9 Å². The lowest BCUT2D eigenvalue weighted by atomic mass is 10.0. The molecule has 0 spiro atoms. The fourth-order valence-corrected chi connectivity index (χ4v) is 6.62. The van der Waals surface area contributed by atoms with Crippen LogP contribution in [-0.4, -0.2) is 74.7 Å². The molecular formula is C27H25N6O9S2+. The van der Waals surface area contributed by atoms with Crippen molar-refractivity contribution in [3.8, 4) is 11.5 Å². The van der Waals surface area contributed by atoms with Crippen LogP contribution in [0, 0.1) is 0 Å². The molecule has 2 atom stereocenters. The lowest BCUT2D eigenvalue weighted by Gasteiger charge is -2.49. The van der Waals surface area contributed by atoms with E-state index < -0.39 is 41.1 Å². The summed E-state index contributed by atoms with van der Waals surface area (Å²) >= 11 is 2.41. The van der Waals surface area contributed by atoms with Crippen LogP contribution in [0.3, 0.4) is 0 Å². The van der Waals surface area contributed by atoms with E-state index in [2.05, 4.69) is 15.5 Å². The van der Waals surface area contributed by atoms with Gasteiger partial charge in [0, 0.05) is 42.0 Å². The first-order valence-corrected chi connectivity index (χ1v) is 14.8. The third-order valence-electron chi connectivity index (χ3n) is 6.48. The molecule has 15 nitrogen and oxygen atoms in total. The molecular weight excluding hydrogens is 616 g/mol. The lowest BCUT2D eigenvalue weighted by Crippen LogP contribution is -2.71. The van der Waals surface area contributed by atoms with Crippen molar-refractivity contribution in [2.75, 3.05) is 18.6 Å². The van der Waals surface area contributed by atoms with Gasteiger partial charge in [-0.2, -0.15) is 0 Å². The van der Waals surface area contributed by atoms with Crippen LogP contribution in [0.2, 0.25) is 0 Å². The number of nitrogens with two attached hydrogens (primary N) is 1. The molecule has 17 heteroatoms. The minimum atomic E-state index is -1.28. The Morgan fingerprint density at radius 1 is 1.18 bits per heavy atom. The van der Waals surface area contributed by atoms with Crippen molar-refractivity contribution in [1.82, 2.24) is 15.2 Å². The zero-order chi connectivity index (χ0) is 31.7. The predicted octanol–water partition coefficient (Wildman–Crippen LogP) is 0.806. The van der Waals surface area contributed by atoms with E-state index in [1.165, 1.54) is 44.2 Å². The Kier molecular flexibility index (Phi) is 8.50. The van der Waals surface area contributed by atoms with E-state index in [-0.39, 0.29) is 46.0 Å². The molecule has 0 radical (unpaired) electrons. The summed E-state index contributed by atoms with van der Waals surface area (Å²) in [6, 6.07) is 3.83. The smallest absolute Gasteiger partial charge is 0.352 e. The summed E-state index contributed by atoms with van der Waals surface area (Å²) in [7, 11) is 1.26. The van der Waals surface area contributed by atoms with E-state index in [1.54, 1.807) is 29.1 Å². The van der Waals surface area contributed by atoms with E-state index in [0.717, 1.165) is 16.2 Å². The number of carboxylic acids is 1. The van der Waals surface area contributed by atoms with Gasteiger partial charge in [-0.05, 0) is 17.5 Å². The number of thiazole rings is 1. The third-order valence-corrected chi connectivity index (χ3v) is 8.49. The molecule has 4 N–H and O–H groups in total. The maximum absolute atomic E-state index is 13.2. The highest BCUT2D eigenvalue weighted by Crippen LogP contribution is 2.40. The van der Waals surface area contributed by atoms with E-state index in [4.69, 9.17) is 20.0 Å². The molecule has 0 saturated carbocycles. The average Bonchev–Trinajstić information content (AvgIpc) is 3.39. The Morgan fingerprint density at radius 3 is 2.45 bits per heavy atom. The van der Waals surface area contributed by atoms with Crippen LogP contribution in [0.5, 0.6) is 11.5 Å². The maximum atomic E-state index is 13.2. The Balaban J connectivity index is 1.38. The molecule has 1 unspecified atom stereocenters. The van der Waals surface area contributed by atoms with Gasteiger partial charge in [-0.15, -0.1) is 23.1 Å². The van der Waals surface area contributed by atoms with E-state index >= 15 is 0 Å². The number of rotatable bonds is 9. The number of anilines is 1. The van der Waals surface area contributed by atoms with Crippen molar-refractivity contribution in [1.29, 1.82) is 0 Å². The first kappa shape index (κ1) is 30.4. The van der Waals surface area contributed by atoms with Gasteiger partial charge in [0.25, 0.3) is 11.8 Å². The monoisotopic (exact) mass is 641 g/mol. The number of nitrogens with one attached hydrogen (secondary N) is 1. The quantitative estimate of drug-likeness (QED) is 0.0742. The highest BCUT2D eigenvalue weighted by atomic mass is 32.2. The van der Waals surface area contributed by atoms with Gasteiger partial charge in [0.15, 0.2) is 41.3 Å². The number of carboxylic acid groups (broad SMARTS) is 1. The minimum Gasteiger partial charge on any atom is -0.477 e. The lowest BCUT2D eigenvalue weighted by molar-refractivity contribution is -0.687. The van der Waals surface area contributed by atoms with Crippen molar-refractivity contribution in [3.05, 3.63) is 52.9 Å². The molecule has 2 aromatic heterocycles. The van der Waals surface area contributed by atoms with Gasteiger partial charge >= 0.3 is 17.9 Å². The number of nitrogen functional groups attached to an aromatic ring is 1. The molecule has 1 fully saturated rings. The first-order chi connectivity index (χ1) is 21.0. The summed E-state index contributed by atoms with van der Waals surface area (Å²) < 4.78 is 12.1. The molecule has 1 saturated heterocycles. The van der Waals surface area contributed by atoms with Crippen LogP contribution in [0.25, 0.3) is 10.8 Å². The number of carbonyl (C=O) groups excluding carboxylic acids is 4. The van der Waals surface area contributed by atoms with Crippen molar-refractivity contribution >= 4 is 74.4 Å². The van der Waals surface area contributed by atoms with Crippen molar-refractivity contribution in [2.24, 2.45) is 5.16 Å². The minimum absolute atomic E-state index is 0.0515. The number of oxime groups is 1. The number of aliphatic carboxylic acids is 1. The number of fused-ring (bicyclic) bond motifs is 2. The van der Waals surface area contributed by atoms with Gasteiger partial charge in [0.05, 0.1) is 0 Å². The summed E-state index contributed by atoms with van der Waals surface area (Å²) in [5.41, 5.74) is 5.97. The number of ether oxygens (including phenoxy) is 2. The summed E-state index contributed by atoms with van der Waals surface area (Å²) in [6.07, 6.45) is 3.42. The molecule has 5 rings (SSSR count). The summed E-state index contributed by atoms with van der Waals surface area (Å²) in [6.45, 7) is 2.58. The Morgan fingerprint density at radius 2 is 1.86 bits per heavy atom. The summed E-state index contributed by atoms with van der Waals surface area (Å²) in [5.74, 6) is -3.39. The van der Waals surface area contributed by atoms with E-state index in [1.807, 2.05) is 0 Å². The third kappa shape index (κ3) is 6.04. The number of hydrogen-bond acceptors (Lipinski definition) is 13. The van der Waals surface area contributed by atoms with Crippen molar-refractivity contribution in [2.45, 2.75) is 31.8 Å². The zero-order valence-electron chi connectivity index (χ0n) is 23.4. The Bertz CT molecular complexity index is 1790. The number of nitrogens with zero attached hydrogens (tertiary/aromatic N) is 4. The van der Waals surface area contributed by atoms with Crippen LogP contribution < -0.4 is 25.1 Å².